The Morgan fingerprint density at radius 1 is 1.25 bits per heavy atom. The summed E-state index contributed by atoms with van der Waals surface area (Å²) in [7, 11) is 0. The normalized spacial score (nSPS) is 16.7. The van der Waals surface area contributed by atoms with E-state index in [2.05, 4.69) is 15.3 Å². The van der Waals surface area contributed by atoms with Gasteiger partial charge in [0.15, 0.2) is 0 Å². The first-order chi connectivity index (χ1) is 11.7. The average molecular weight is 339 g/mol. The van der Waals surface area contributed by atoms with Crippen molar-refractivity contribution in [2.24, 2.45) is 5.92 Å². The number of hydrogen-bond donors (Lipinski definition) is 2. The molecule has 2 heterocycles. The molecule has 1 amide bonds. The van der Waals surface area contributed by atoms with E-state index in [-0.39, 0.29) is 24.1 Å². The first kappa shape index (κ1) is 15.2. The molecule has 5 nitrogen and oxygen atoms in total. The minimum atomic E-state index is -0.992. The Bertz CT molecular complexity index is 877. The molecular formula is C18H17N3O2S. The van der Waals surface area contributed by atoms with E-state index in [4.69, 9.17) is 0 Å². The Morgan fingerprint density at radius 2 is 2.04 bits per heavy atom. The van der Waals surface area contributed by atoms with Gasteiger partial charge >= 0.3 is 0 Å². The molecule has 1 saturated carbocycles. The SMILES string of the molecule is O=C(NCC(O)(c1cccs1)C1CC1)c1cnc2ccccc2n1. The van der Waals surface area contributed by atoms with Crippen LogP contribution in [-0.2, 0) is 5.60 Å². The molecule has 1 atom stereocenters. The lowest BCUT2D eigenvalue weighted by molar-refractivity contribution is 0.0168. The van der Waals surface area contributed by atoms with Crippen LogP contribution in [0.5, 0.6) is 0 Å². The number of carbonyl (C=O) groups is 1. The summed E-state index contributed by atoms with van der Waals surface area (Å²) >= 11 is 1.52. The van der Waals surface area contributed by atoms with E-state index in [0.717, 1.165) is 23.2 Å². The summed E-state index contributed by atoms with van der Waals surface area (Å²) in [5.74, 6) is -0.108. The zero-order chi connectivity index (χ0) is 16.6. The number of benzene rings is 1. The predicted molar refractivity (Wildman–Crippen MR) is 92.8 cm³/mol. The smallest absolute Gasteiger partial charge is 0.271 e. The van der Waals surface area contributed by atoms with Gasteiger partial charge in [0.1, 0.15) is 11.3 Å². The van der Waals surface area contributed by atoms with Crippen LogP contribution in [0.4, 0.5) is 0 Å². The summed E-state index contributed by atoms with van der Waals surface area (Å²) in [6.07, 6.45) is 3.44. The third-order valence-corrected chi connectivity index (χ3v) is 5.44. The Kier molecular flexibility index (Phi) is 3.78. The molecule has 4 rings (SSSR count). The van der Waals surface area contributed by atoms with E-state index in [0.29, 0.717) is 5.52 Å². The maximum absolute atomic E-state index is 12.4. The predicted octanol–water partition coefficient (Wildman–Crippen LogP) is 2.72. The standard InChI is InChI=1S/C18H17N3O2S/c22-17(15-10-19-13-4-1-2-5-14(13)21-15)20-11-18(23,12-7-8-12)16-6-3-9-24-16/h1-6,9-10,12,23H,7-8,11H2,(H,20,22). The number of amides is 1. The summed E-state index contributed by atoms with van der Waals surface area (Å²) in [5, 5.41) is 15.8. The van der Waals surface area contributed by atoms with Crippen molar-refractivity contribution >= 4 is 28.3 Å². The minimum Gasteiger partial charge on any atom is -0.382 e. The molecule has 0 radical (unpaired) electrons. The summed E-state index contributed by atoms with van der Waals surface area (Å²) in [6, 6.07) is 11.3. The highest BCUT2D eigenvalue weighted by Gasteiger charge is 2.46. The molecule has 2 N–H and O–H groups in total. The summed E-state index contributed by atoms with van der Waals surface area (Å²) in [5.41, 5.74) is 0.703. The fourth-order valence-corrected chi connectivity index (χ4v) is 3.79. The van der Waals surface area contributed by atoms with Crippen LogP contribution in [0.25, 0.3) is 11.0 Å². The number of fused-ring (bicyclic) bond motifs is 1. The Morgan fingerprint density at radius 3 is 2.75 bits per heavy atom. The van der Waals surface area contributed by atoms with Crippen LogP contribution in [-0.4, -0.2) is 27.5 Å². The Hall–Kier alpha value is -2.31. The largest absolute Gasteiger partial charge is 0.382 e. The second kappa shape index (κ2) is 5.96. The van der Waals surface area contributed by atoms with Crippen LogP contribution in [0, 0.1) is 5.92 Å². The number of rotatable bonds is 5. The highest BCUT2D eigenvalue weighted by molar-refractivity contribution is 7.10. The van der Waals surface area contributed by atoms with E-state index < -0.39 is 5.60 Å². The van der Waals surface area contributed by atoms with Gasteiger partial charge in [-0.1, -0.05) is 18.2 Å². The van der Waals surface area contributed by atoms with Gasteiger partial charge < -0.3 is 10.4 Å². The van der Waals surface area contributed by atoms with Crippen LogP contribution in [0.2, 0.25) is 0 Å². The van der Waals surface area contributed by atoms with Crippen molar-refractivity contribution in [1.29, 1.82) is 0 Å². The Balaban J connectivity index is 1.52. The monoisotopic (exact) mass is 339 g/mol. The van der Waals surface area contributed by atoms with Gasteiger partial charge in [0.25, 0.3) is 5.91 Å². The van der Waals surface area contributed by atoms with Crippen molar-refractivity contribution in [2.75, 3.05) is 6.54 Å². The lowest BCUT2D eigenvalue weighted by Crippen LogP contribution is -2.42. The number of hydrogen-bond acceptors (Lipinski definition) is 5. The molecule has 3 aromatic rings. The van der Waals surface area contributed by atoms with E-state index in [1.165, 1.54) is 17.5 Å². The van der Waals surface area contributed by atoms with Crippen molar-refractivity contribution < 1.29 is 9.90 Å². The quantitative estimate of drug-likeness (QED) is 0.749. The summed E-state index contributed by atoms with van der Waals surface area (Å²) < 4.78 is 0. The molecule has 1 unspecified atom stereocenters. The molecule has 1 aromatic carbocycles. The topological polar surface area (TPSA) is 75.1 Å². The van der Waals surface area contributed by atoms with Gasteiger partial charge in [-0.15, -0.1) is 11.3 Å². The van der Waals surface area contributed by atoms with Crippen molar-refractivity contribution in [3.05, 3.63) is 58.5 Å². The number of nitrogens with zero attached hydrogens (tertiary/aromatic N) is 2. The fourth-order valence-electron chi connectivity index (χ4n) is 2.89. The molecular weight excluding hydrogens is 322 g/mol. The third-order valence-electron chi connectivity index (χ3n) is 4.40. The first-order valence-corrected chi connectivity index (χ1v) is 8.81. The summed E-state index contributed by atoms with van der Waals surface area (Å²) in [4.78, 5) is 21.9. The molecule has 1 fully saturated rings. The molecule has 1 aliphatic carbocycles. The van der Waals surface area contributed by atoms with E-state index >= 15 is 0 Å². The highest BCUT2D eigenvalue weighted by Crippen LogP contribution is 2.46. The van der Waals surface area contributed by atoms with Gasteiger partial charge in [0, 0.05) is 4.88 Å². The lowest BCUT2D eigenvalue weighted by atomic mass is 9.95. The minimum absolute atomic E-state index is 0.186. The van der Waals surface area contributed by atoms with Crippen LogP contribution in [0.3, 0.4) is 0 Å². The summed E-state index contributed by atoms with van der Waals surface area (Å²) in [6.45, 7) is 0.186. The van der Waals surface area contributed by atoms with Gasteiger partial charge in [0.05, 0.1) is 23.8 Å². The van der Waals surface area contributed by atoms with Crippen LogP contribution in [0.1, 0.15) is 28.2 Å². The molecule has 122 valence electrons. The molecule has 0 spiro atoms. The number of thiophene rings is 1. The number of aromatic nitrogens is 2. The average Bonchev–Trinajstić information content (AvgIpc) is 3.34. The zero-order valence-electron chi connectivity index (χ0n) is 13.0. The molecule has 6 heteroatoms. The molecule has 24 heavy (non-hydrogen) atoms. The molecule has 0 saturated heterocycles. The van der Waals surface area contributed by atoms with Gasteiger partial charge in [-0.2, -0.15) is 0 Å². The molecule has 0 bridgehead atoms. The van der Waals surface area contributed by atoms with Gasteiger partial charge in [-0.25, -0.2) is 4.98 Å². The van der Waals surface area contributed by atoms with Gasteiger partial charge in [-0.05, 0) is 42.3 Å². The lowest BCUT2D eigenvalue weighted by Gasteiger charge is -2.27. The van der Waals surface area contributed by atoms with Crippen LogP contribution < -0.4 is 5.32 Å². The molecule has 0 aliphatic heterocycles. The van der Waals surface area contributed by atoms with E-state index in [1.54, 1.807) is 0 Å². The number of nitrogens with one attached hydrogen (secondary N) is 1. The second-order valence-electron chi connectivity index (χ2n) is 6.10. The van der Waals surface area contributed by atoms with Gasteiger partial charge in [0.2, 0.25) is 0 Å². The van der Waals surface area contributed by atoms with Crippen molar-refractivity contribution in [3.8, 4) is 0 Å². The second-order valence-corrected chi connectivity index (χ2v) is 7.05. The highest BCUT2D eigenvalue weighted by atomic mass is 32.1. The number of aliphatic hydroxyl groups is 1. The van der Waals surface area contributed by atoms with Gasteiger partial charge in [-0.3, -0.25) is 9.78 Å². The molecule has 1 aliphatic rings. The third kappa shape index (κ3) is 2.79. The van der Waals surface area contributed by atoms with Crippen molar-refractivity contribution in [3.63, 3.8) is 0 Å². The van der Waals surface area contributed by atoms with Crippen molar-refractivity contribution in [1.82, 2.24) is 15.3 Å². The first-order valence-electron chi connectivity index (χ1n) is 7.93. The number of para-hydroxylation sites is 2. The maximum Gasteiger partial charge on any atom is 0.271 e. The van der Waals surface area contributed by atoms with E-state index in [1.807, 2.05) is 41.8 Å². The van der Waals surface area contributed by atoms with Crippen LogP contribution in [0.15, 0.2) is 48.0 Å². The van der Waals surface area contributed by atoms with Crippen LogP contribution >= 0.6 is 11.3 Å². The maximum atomic E-state index is 12.4. The van der Waals surface area contributed by atoms with E-state index in [9.17, 15) is 9.90 Å². The molecule has 2 aromatic heterocycles. The fraction of sp³-hybridized carbons (Fsp3) is 0.278. The zero-order valence-corrected chi connectivity index (χ0v) is 13.8. The van der Waals surface area contributed by atoms with Crippen molar-refractivity contribution in [2.45, 2.75) is 18.4 Å². The number of carbonyl (C=O) groups excluding carboxylic acids is 1. The Labute approximate surface area is 143 Å².